The van der Waals surface area contributed by atoms with Crippen LogP contribution in [0.25, 0.3) is 0 Å². The van der Waals surface area contributed by atoms with Gasteiger partial charge in [-0.3, -0.25) is 0 Å². The van der Waals surface area contributed by atoms with Crippen LogP contribution in [0.3, 0.4) is 0 Å². The molecule has 4 N–H and O–H groups in total. The third-order valence-corrected chi connectivity index (χ3v) is 10.3. The summed E-state index contributed by atoms with van der Waals surface area (Å²) in [5, 5.41) is 0. The lowest BCUT2D eigenvalue weighted by molar-refractivity contribution is 0.240. The van der Waals surface area contributed by atoms with E-state index in [0.29, 0.717) is 0 Å². The van der Waals surface area contributed by atoms with Crippen molar-refractivity contribution in [3.63, 3.8) is 0 Å². The predicted molar refractivity (Wildman–Crippen MR) is 180 cm³/mol. The Morgan fingerprint density at radius 2 is 1.00 bits per heavy atom. The molecule has 0 saturated heterocycles. The van der Waals surface area contributed by atoms with E-state index >= 15 is 0 Å². The number of allylic oxidation sites excluding steroid dienone is 4. The van der Waals surface area contributed by atoms with Crippen molar-refractivity contribution in [1.82, 2.24) is 0 Å². The largest absolute Gasteiger partial charge is 0.330 e. The van der Waals surface area contributed by atoms with E-state index in [1.54, 1.807) is 0 Å². The Morgan fingerprint density at radius 1 is 0.525 bits per heavy atom. The number of unbranched alkanes of at least 4 members (excludes halogenated alkanes) is 16. The van der Waals surface area contributed by atoms with E-state index < -0.39 is 0 Å². The second kappa shape index (κ2) is 23.9. The summed E-state index contributed by atoms with van der Waals surface area (Å²) in [5.41, 5.74) is 13.4. The third kappa shape index (κ3) is 14.5. The van der Waals surface area contributed by atoms with Crippen molar-refractivity contribution in [1.29, 1.82) is 0 Å². The molecule has 2 heteroatoms. The highest BCUT2D eigenvalue weighted by atomic mass is 14.5. The quantitative estimate of drug-likeness (QED) is 0.0822. The van der Waals surface area contributed by atoms with Crippen LogP contribution >= 0.6 is 0 Å². The summed E-state index contributed by atoms with van der Waals surface area (Å²) < 4.78 is 0. The molecule has 0 aromatic rings. The topological polar surface area (TPSA) is 52.0 Å². The number of hydrogen-bond acceptors (Lipinski definition) is 2. The maximum absolute atomic E-state index is 5.75. The number of rotatable bonds is 26. The molecule has 0 saturated carbocycles. The lowest BCUT2D eigenvalue weighted by atomic mass is 9.62. The molecule has 0 radical (unpaired) electrons. The van der Waals surface area contributed by atoms with Crippen LogP contribution in [0.2, 0.25) is 0 Å². The summed E-state index contributed by atoms with van der Waals surface area (Å²) in [7, 11) is 0. The van der Waals surface area contributed by atoms with Crippen molar-refractivity contribution in [2.45, 2.75) is 174 Å². The maximum atomic E-state index is 5.75. The van der Waals surface area contributed by atoms with E-state index in [4.69, 9.17) is 11.5 Å². The Morgan fingerprint density at radius 3 is 1.60 bits per heavy atom. The average Bonchev–Trinajstić information content (AvgIpc) is 2.97. The van der Waals surface area contributed by atoms with Gasteiger partial charge in [-0.2, -0.15) is 0 Å². The average molecular weight is 557 g/mol. The minimum absolute atomic E-state index is 0.736. The van der Waals surface area contributed by atoms with Crippen LogP contribution < -0.4 is 11.5 Å². The van der Waals surface area contributed by atoms with Gasteiger partial charge in [-0.1, -0.05) is 153 Å². The molecule has 0 heterocycles. The molecule has 0 spiro atoms. The summed E-state index contributed by atoms with van der Waals surface area (Å²) in [5.74, 6) is 4.08. The van der Waals surface area contributed by atoms with Crippen molar-refractivity contribution >= 4 is 0 Å². The molecule has 0 aromatic heterocycles. The zero-order valence-electron chi connectivity index (χ0n) is 27.4. The SMILES string of the molecule is CCCCCCCCC1C=C2C(C=CC(CCCCCCCN)C2CCCCCCCN)CC1CCCCCC. The Bertz CT molecular complexity index is 637. The Labute approximate surface area is 252 Å². The van der Waals surface area contributed by atoms with Crippen LogP contribution in [-0.4, -0.2) is 13.1 Å². The van der Waals surface area contributed by atoms with Gasteiger partial charge >= 0.3 is 0 Å². The van der Waals surface area contributed by atoms with Gasteiger partial charge in [0.1, 0.15) is 0 Å². The molecule has 0 aromatic carbocycles. The molecule has 0 bridgehead atoms. The van der Waals surface area contributed by atoms with Crippen LogP contribution in [0.15, 0.2) is 23.8 Å². The van der Waals surface area contributed by atoms with Gasteiger partial charge in [0.15, 0.2) is 0 Å². The highest BCUT2D eigenvalue weighted by Gasteiger charge is 2.37. The summed E-state index contributed by atoms with van der Waals surface area (Å²) >= 11 is 0. The fraction of sp³-hybridized carbons (Fsp3) is 0.895. The molecule has 5 atom stereocenters. The van der Waals surface area contributed by atoms with E-state index in [-0.39, 0.29) is 0 Å². The Hall–Kier alpha value is -0.600. The van der Waals surface area contributed by atoms with Gasteiger partial charge in [-0.05, 0) is 87.6 Å². The first-order valence-corrected chi connectivity index (χ1v) is 18.5. The fourth-order valence-electron chi connectivity index (χ4n) is 7.81. The molecule has 0 fully saturated rings. The fourth-order valence-corrected chi connectivity index (χ4v) is 7.81. The van der Waals surface area contributed by atoms with Crippen LogP contribution in [0.1, 0.15) is 174 Å². The Kier molecular flexibility index (Phi) is 21.3. The van der Waals surface area contributed by atoms with Crippen LogP contribution in [0.5, 0.6) is 0 Å². The minimum Gasteiger partial charge on any atom is -0.330 e. The molecule has 0 aliphatic heterocycles. The van der Waals surface area contributed by atoms with Gasteiger partial charge in [0.05, 0.1) is 0 Å². The molecule has 2 aliphatic rings. The molecule has 2 nitrogen and oxygen atoms in total. The highest BCUT2D eigenvalue weighted by Crippen LogP contribution is 2.48. The van der Waals surface area contributed by atoms with Crippen LogP contribution in [0.4, 0.5) is 0 Å². The van der Waals surface area contributed by atoms with Gasteiger partial charge in [0, 0.05) is 0 Å². The molecule has 2 rings (SSSR count). The molecular formula is C38H72N2. The van der Waals surface area contributed by atoms with Gasteiger partial charge in [-0.25, -0.2) is 0 Å². The normalized spacial score (nSPS) is 24.3. The highest BCUT2D eigenvalue weighted by molar-refractivity contribution is 5.27. The van der Waals surface area contributed by atoms with E-state index in [9.17, 15) is 0 Å². The number of hydrogen-bond donors (Lipinski definition) is 2. The van der Waals surface area contributed by atoms with Crippen molar-refractivity contribution in [3.8, 4) is 0 Å². The van der Waals surface area contributed by atoms with Crippen molar-refractivity contribution in [2.75, 3.05) is 13.1 Å². The zero-order valence-corrected chi connectivity index (χ0v) is 27.4. The second-order valence-electron chi connectivity index (χ2n) is 13.7. The molecule has 234 valence electrons. The van der Waals surface area contributed by atoms with Crippen molar-refractivity contribution < 1.29 is 0 Å². The first-order chi connectivity index (χ1) is 19.7. The van der Waals surface area contributed by atoms with E-state index in [1.165, 1.54) is 161 Å². The predicted octanol–water partition coefficient (Wildman–Crippen LogP) is 11.3. The minimum atomic E-state index is 0.736. The summed E-state index contributed by atoms with van der Waals surface area (Å²) in [4.78, 5) is 0. The lowest BCUT2D eigenvalue weighted by Crippen LogP contribution is -2.31. The standard InChI is InChI=1S/C38H72N2/c1-3-5-7-9-12-19-25-35-32-38-36(31-34(35)24-17-8-6-4-2)28-27-33(23-18-13-10-15-21-29-39)37(38)26-20-14-11-16-22-30-40/h27-28,32-37H,3-26,29-31,39-40H2,1-2H3. The van der Waals surface area contributed by atoms with E-state index in [2.05, 4.69) is 32.1 Å². The number of nitrogens with two attached hydrogens (primary N) is 2. The molecular weight excluding hydrogens is 484 g/mol. The monoisotopic (exact) mass is 557 g/mol. The smallest absolute Gasteiger partial charge is 0.00172 e. The lowest BCUT2D eigenvalue weighted by Gasteiger charge is -2.42. The molecule has 40 heavy (non-hydrogen) atoms. The van der Waals surface area contributed by atoms with Crippen molar-refractivity contribution in [3.05, 3.63) is 23.8 Å². The second-order valence-corrected chi connectivity index (χ2v) is 13.7. The summed E-state index contributed by atoms with van der Waals surface area (Å²) in [6.45, 7) is 6.39. The third-order valence-electron chi connectivity index (χ3n) is 10.3. The summed E-state index contributed by atoms with van der Waals surface area (Å²) in [6, 6.07) is 0. The van der Waals surface area contributed by atoms with E-state index in [1.807, 2.05) is 5.57 Å². The molecule has 2 aliphatic carbocycles. The first kappa shape index (κ1) is 35.6. The van der Waals surface area contributed by atoms with Gasteiger partial charge in [-0.15, -0.1) is 0 Å². The van der Waals surface area contributed by atoms with Gasteiger partial charge in [0.25, 0.3) is 0 Å². The van der Waals surface area contributed by atoms with Gasteiger partial charge in [0.2, 0.25) is 0 Å². The zero-order chi connectivity index (χ0) is 28.7. The van der Waals surface area contributed by atoms with Gasteiger partial charge < -0.3 is 11.5 Å². The van der Waals surface area contributed by atoms with Crippen molar-refractivity contribution in [2.24, 2.45) is 41.1 Å². The molecule has 0 amide bonds. The molecule has 5 unspecified atom stereocenters. The number of fused-ring (bicyclic) bond motifs is 1. The first-order valence-electron chi connectivity index (χ1n) is 18.5. The summed E-state index contributed by atoms with van der Waals surface area (Å²) in [6.07, 6.45) is 43.0. The Balaban J connectivity index is 2.07. The maximum Gasteiger partial charge on any atom is -0.00172 e. The van der Waals surface area contributed by atoms with E-state index in [0.717, 1.165) is 42.7 Å². The van der Waals surface area contributed by atoms with Crippen LogP contribution in [0, 0.1) is 29.6 Å². The van der Waals surface area contributed by atoms with Crippen LogP contribution in [-0.2, 0) is 0 Å².